The van der Waals surface area contributed by atoms with Gasteiger partial charge in [0.1, 0.15) is 12.4 Å². The third-order valence-corrected chi connectivity index (χ3v) is 3.29. The van der Waals surface area contributed by atoms with Crippen LogP contribution in [0.2, 0.25) is 0 Å². The molecule has 2 aromatic rings. The van der Waals surface area contributed by atoms with E-state index in [-0.39, 0.29) is 5.91 Å². The molecule has 1 amide bonds. The number of carbonyl (C=O) groups is 1. The Morgan fingerprint density at radius 1 is 1.26 bits per heavy atom. The van der Waals surface area contributed by atoms with E-state index in [2.05, 4.69) is 10.3 Å². The molecule has 0 fully saturated rings. The number of benzene rings is 1. The SMILES string of the molecule is COCCCNC(=O)c1cccc(COc2ccc(C)nc2)c1. The minimum atomic E-state index is -0.0834. The quantitative estimate of drug-likeness (QED) is 0.761. The fourth-order valence-electron chi connectivity index (χ4n) is 2.03. The van der Waals surface area contributed by atoms with E-state index in [1.807, 2.05) is 37.3 Å². The molecule has 1 N–H and O–H groups in total. The van der Waals surface area contributed by atoms with E-state index in [0.29, 0.717) is 31.1 Å². The second kappa shape index (κ2) is 8.90. The number of carbonyl (C=O) groups excluding carboxylic acids is 1. The maximum Gasteiger partial charge on any atom is 0.251 e. The number of pyridine rings is 1. The number of aryl methyl sites for hydroxylation is 1. The van der Waals surface area contributed by atoms with Gasteiger partial charge in [-0.2, -0.15) is 0 Å². The van der Waals surface area contributed by atoms with Gasteiger partial charge in [-0.25, -0.2) is 0 Å². The summed E-state index contributed by atoms with van der Waals surface area (Å²) in [6, 6.07) is 11.2. The lowest BCUT2D eigenvalue weighted by atomic mass is 10.1. The van der Waals surface area contributed by atoms with Crippen LogP contribution in [0.15, 0.2) is 42.6 Å². The van der Waals surface area contributed by atoms with Gasteiger partial charge in [-0.05, 0) is 43.2 Å². The van der Waals surface area contributed by atoms with Crippen molar-refractivity contribution in [3.8, 4) is 5.75 Å². The van der Waals surface area contributed by atoms with Gasteiger partial charge in [0, 0.05) is 31.5 Å². The van der Waals surface area contributed by atoms with Crippen LogP contribution in [0, 0.1) is 6.92 Å². The number of methoxy groups -OCH3 is 1. The molecule has 122 valence electrons. The molecule has 0 atom stereocenters. The van der Waals surface area contributed by atoms with Crippen molar-refractivity contribution in [2.75, 3.05) is 20.3 Å². The minimum Gasteiger partial charge on any atom is -0.487 e. The Kier molecular flexibility index (Phi) is 6.56. The number of aromatic nitrogens is 1. The van der Waals surface area contributed by atoms with Gasteiger partial charge in [0.25, 0.3) is 5.91 Å². The van der Waals surface area contributed by atoms with E-state index in [4.69, 9.17) is 9.47 Å². The van der Waals surface area contributed by atoms with Crippen molar-refractivity contribution < 1.29 is 14.3 Å². The smallest absolute Gasteiger partial charge is 0.251 e. The molecule has 0 saturated carbocycles. The lowest BCUT2D eigenvalue weighted by Gasteiger charge is -2.08. The van der Waals surface area contributed by atoms with Gasteiger partial charge >= 0.3 is 0 Å². The summed E-state index contributed by atoms with van der Waals surface area (Å²) in [7, 11) is 1.65. The van der Waals surface area contributed by atoms with E-state index in [0.717, 1.165) is 17.7 Å². The van der Waals surface area contributed by atoms with Gasteiger partial charge < -0.3 is 14.8 Å². The molecular weight excluding hydrogens is 292 g/mol. The number of ether oxygens (including phenoxy) is 2. The van der Waals surface area contributed by atoms with Gasteiger partial charge in [0.2, 0.25) is 0 Å². The molecule has 23 heavy (non-hydrogen) atoms. The van der Waals surface area contributed by atoms with Crippen LogP contribution in [0.5, 0.6) is 5.75 Å². The highest BCUT2D eigenvalue weighted by molar-refractivity contribution is 5.94. The summed E-state index contributed by atoms with van der Waals surface area (Å²) < 4.78 is 10.6. The maximum atomic E-state index is 12.1. The monoisotopic (exact) mass is 314 g/mol. The van der Waals surface area contributed by atoms with Crippen LogP contribution in [0.25, 0.3) is 0 Å². The molecule has 5 nitrogen and oxygen atoms in total. The Morgan fingerprint density at radius 3 is 2.87 bits per heavy atom. The summed E-state index contributed by atoms with van der Waals surface area (Å²) in [5, 5.41) is 2.87. The summed E-state index contributed by atoms with van der Waals surface area (Å²) in [5.74, 6) is 0.630. The Hall–Kier alpha value is -2.40. The second-order valence-electron chi connectivity index (χ2n) is 5.23. The highest BCUT2D eigenvalue weighted by Crippen LogP contribution is 2.12. The molecule has 2 rings (SSSR count). The van der Waals surface area contributed by atoms with Crippen LogP contribution in [-0.4, -0.2) is 31.2 Å². The predicted octanol–water partition coefficient (Wildman–Crippen LogP) is 2.74. The number of hydrogen-bond donors (Lipinski definition) is 1. The third kappa shape index (κ3) is 5.71. The van der Waals surface area contributed by atoms with E-state index in [9.17, 15) is 4.79 Å². The molecular formula is C18H22N2O3. The van der Waals surface area contributed by atoms with Crippen molar-refractivity contribution in [2.45, 2.75) is 20.0 Å². The van der Waals surface area contributed by atoms with Crippen molar-refractivity contribution in [3.63, 3.8) is 0 Å². The predicted molar refractivity (Wildman–Crippen MR) is 88.6 cm³/mol. The Bertz CT molecular complexity index is 626. The number of hydrogen-bond acceptors (Lipinski definition) is 4. The first-order valence-corrected chi connectivity index (χ1v) is 7.60. The van der Waals surface area contributed by atoms with Gasteiger partial charge in [-0.3, -0.25) is 9.78 Å². The van der Waals surface area contributed by atoms with Crippen LogP contribution >= 0.6 is 0 Å². The number of amides is 1. The van der Waals surface area contributed by atoms with E-state index < -0.39 is 0 Å². The molecule has 0 unspecified atom stereocenters. The number of nitrogens with zero attached hydrogens (tertiary/aromatic N) is 1. The van der Waals surface area contributed by atoms with Crippen LogP contribution in [0.1, 0.15) is 28.0 Å². The highest BCUT2D eigenvalue weighted by atomic mass is 16.5. The molecule has 0 aliphatic heterocycles. The van der Waals surface area contributed by atoms with Crippen molar-refractivity contribution in [1.82, 2.24) is 10.3 Å². The molecule has 0 spiro atoms. The molecule has 1 aromatic carbocycles. The number of nitrogens with one attached hydrogen (secondary N) is 1. The normalized spacial score (nSPS) is 10.3. The molecule has 0 bridgehead atoms. The zero-order chi connectivity index (χ0) is 16.5. The summed E-state index contributed by atoms with van der Waals surface area (Å²) >= 11 is 0. The van der Waals surface area contributed by atoms with Crippen LogP contribution in [0.4, 0.5) is 0 Å². The lowest BCUT2D eigenvalue weighted by molar-refractivity contribution is 0.0948. The topological polar surface area (TPSA) is 60.5 Å². The third-order valence-electron chi connectivity index (χ3n) is 3.29. The summed E-state index contributed by atoms with van der Waals surface area (Å²) in [6.45, 7) is 3.56. The Balaban J connectivity index is 1.88. The van der Waals surface area contributed by atoms with Gasteiger partial charge in [-0.15, -0.1) is 0 Å². The first kappa shape index (κ1) is 17.0. The minimum absolute atomic E-state index is 0.0834. The first-order chi connectivity index (χ1) is 11.2. The average Bonchev–Trinajstić information content (AvgIpc) is 2.58. The van der Waals surface area contributed by atoms with Gasteiger partial charge in [0.15, 0.2) is 0 Å². The summed E-state index contributed by atoms with van der Waals surface area (Å²) in [6.07, 6.45) is 2.49. The van der Waals surface area contributed by atoms with Crippen LogP contribution < -0.4 is 10.1 Å². The highest BCUT2D eigenvalue weighted by Gasteiger charge is 2.06. The fourth-order valence-corrected chi connectivity index (χ4v) is 2.03. The van der Waals surface area contributed by atoms with E-state index >= 15 is 0 Å². The first-order valence-electron chi connectivity index (χ1n) is 7.60. The maximum absolute atomic E-state index is 12.1. The average molecular weight is 314 g/mol. The van der Waals surface area contributed by atoms with E-state index in [1.165, 1.54) is 0 Å². The molecule has 0 aliphatic carbocycles. The lowest BCUT2D eigenvalue weighted by Crippen LogP contribution is -2.25. The summed E-state index contributed by atoms with van der Waals surface area (Å²) in [5.41, 5.74) is 2.52. The standard InChI is InChI=1S/C18H22N2O3/c1-14-7-8-17(12-20-14)23-13-15-5-3-6-16(11-15)18(21)19-9-4-10-22-2/h3,5-8,11-12H,4,9-10,13H2,1-2H3,(H,19,21). The summed E-state index contributed by atoms with van der Waals surface area (Å²) in [4.78, 5) is 16.3. The van der Waals surface area contributed by atoms with Crippen LogP contribution in [0.3, 0.4) is 0 Å². The largest absolute Gasteiger partial charge is 0.487 e. The van der Waals surface area contributed by atoms with Gasteiger partial charge in [0.05, 0.1) is 6.20 Å². The molecule has 5 heteroatoms. The van der Waals surface area contributed by atoms with Gasteiger partial charge in [-0.1, -0.05) is 12.1 Å². The van der Waals surface area contributed by atoms with Crippen molar-refractivity contribution in [1.29, 1.82) is 0 Å². The Labute approximate surface area is 136 Å². The van der Waals surface area contributed by atoms with Crippen LogP contribution in [-0.2, 0) is 11.3 Å². The fraction of sp³-hybridized carbons (Fsp3) is 0.333. The molecule has 1 heterocycles. The van der Waals surface area contributed by atoms with Crippen molar-refractivity contribution >= 4 is 5.91 Å². The molecule has 0 radical (unpaired) electrons. The zero-order valence-corrected chi connectivity index (χ0v) is 13.5. The van der Waals surface area contributed by atoms with E-state index in [1.54, 1.807) is 19.4 Å². The van der Waals surface area contributed by atoms with Crippen molar-refractivity contribution in [3.05, 3.63) is 59.4 Å². The molecule has 0 saturated heterocycles. The Morgan fingerprint density at radius 2 is 2.13 bits per heavy atom. The molecule has 1 aromatic heterocycles. The molecule has 0 aliphatic rings. The van der Waals surface area contributed by atoms with Crippen molar-refractivity contribution in [2.24, 2.45) is 0 Å². The second-order valence-corrected chi connectivity index (χ2v) is 5.23. The number of rotatable bonds is 8. The zero-order valence-electron chi connectivity index (χ0n) is 13.5.